The van der Waals surface area contributed by atoms with Gasteiger partial charge in [-0.2, -0.15) is 9.97 Å². The molecule has 8 rings (SSSR count). The lowest BCUT2D eigenvalue weighted by molar-refractivity contribution is 0.506. The zero-order valence-electron chi connectivity index (χ0n) is 20.6. The van der Waals surface area contributed by atoms with E-state index in [4.69, 9.17) is 19.4 Å². The van der Waals surface area contributed by atoms with Crippen molar-refractivity contribution in [3.05, 3.63) is 103 Å². The first-order valence-electron chi connectivity index (χ1n) is 13.0. The van der Waals surface area contributed by atoms with Crippen LogP contribution in [-0.4, -0.2) is 24.5 Å². The second-order valence-corrected chi connectivity index (χ2v) is 9.82. The highest BCUT2D eigenvalue weighted by atomic mass is 16.3. The van der Waals surface area contributed by atoms with E-state index in [-0.39, 0.29) is 0 Å². The molecule has 4 aromatic heterocycles. The Bertz CT molecular complexity index is 1910. The van der Waals surface area contributed by atoms with Gasteiger partial charge in [-0.3, -0.25) is 9.55 Å². The monoisotopic (exact) mass is 493 g/mol. The number of fused-ring (bicyclic) bond motifs is 6. The molecule has 0 amide bonds. The Morgan fingerprint density at radius 1 is 0.658 bits per heavy atom. The average molecular weight is 494 g/mol. The van der Waals surface area contributed by atoms with Crippen molar-refractivity contribution in [3.63, 3.8) is 0 Å². The third kappa shape index (κ3) is 3.27. The summed E-state index contributed by atoms with van der Waals surface area (Å²) in [6.07, 6.45) is 8.22. The summed E-state index contributed by atoms with van der Waals surface area (Å²) in [5, 5.41) is 3.40. The molecule has 0 aliphatic heterocycles. The predicted molar refractivity (Wildman–Crippen MR) is 149 cm³/mol. The third-order valence-corrected chi connectivity index (χ3v) is 7.53. The number of pyridine rings is 1. The molecule has 0 unspecified atom stereocenters. The first-order valence-corrected chi connectivity index (χ1v) is 13.0. The molecule has 0 saturated carbocycles. The van der Waals surface area contributed by atoms with Crippen LogP contribution in [0.3, 0.4) is 0 Å². The SMILES string of the molecule is c1ccc(-c2nc(-c3ccccc3)nc(-n3c4ccncc4c4cc5c6c(oc5cc43)CCCC6)n2)cc1. The maximum absolute atomic E-state index is 6.39. The molecule has 0 N–H and O–H groups in total. The summed E-state index contributed by atoms with van der Waals surface area (Å²) in [5.41, 5.74) is 6.16. The van der Waals surface area contributed by atoms with Crippen LogP contribution in [-0.2, 0) is 12.8 Å². The summed E-state index contributed by atoms with van der Waals surface area (Å²) < 4.78 is 8.51. The van der Waals surface area contributed by atoms with Crippen LogP contribution >= 0.6 is 0 Å². The molecule has 1 aliphatic carbocycles. The van der Waals surface area contributed by atoms with Crippen molar-refractivity contribution in [2.75, 3.05) is 0 Å². The van der Waals surface area contributed by atoms with Gasteiger partial charge in [-0.25, -0.2) is 4.98 Å². The Kier molecular flexibility index (Phi) is 4.67. The lowest BCUT2D eigenvalue weighted by Gasteiger charge is -2.10. The van der Waals surface area contributed by atoms with Gasteiger partial charge in [0, 0.05) is 57.7 Å². The fourth-order valence-electron chi connectivity index (χ4n) is 5.73. The third-order valence-electron chi connectivity index (χ3n) is 7.53. The van der Waals surface area contributed by atoms with Crippen molar-refractivity contribution in [1.82, 2.24) is 24.5 Å². The van der Waals surface area contributed by atoms with Gasteiger partial charge in [-0.05, 0) is 31.4 Å². The maximum Gasteiger partial charge on any atom is 0.238 e. The maximum atomic E-state index is 6.39. The van der Waals surface area contributed by atoms with Gasteiger partial charge in [0.2, 0.25) is 5.95 Å². The number of rotatable bonds is 3. The number of aromatic nitrogens is 5. The van der Waals surface area contributed by atoms with E-state index in [2.05, 4.69) is 21.7 Å². The van der Waals surface area contributed by atoms with Gasteiger partial charge in [0.05, 0.1) is 11.0 Å². The van der Waals surface area contributed by atoms with Gasteiger partial charge >= 0.3 is 0 Å². The summed E-state index contributed by atoms with van der Waals surface area (Å²) in [4.78, 5) is 19.4. The van der Waals surface area contributed by atoms with E-state index in [1.807, 2.05) is 79.1 Å². The van der Waals surface area contributed by atoms with Gasteiger partial charge in [0.25, 0.3) is 0 Å². The van der Waals surface area contributed by atoms with Crippen molar-refractivity contribution in [1.29, 1.82) is 0 Å². The quantitative estimate of drug-likeness (QED) is 0.258. The highest BCUT2D eigenvalue weighted by Gasteiger charge is 2.22. The van der Waals surface area contributed by atoms with Crippen molar-refractivity contribution in [3.8, 4) is 28.7 Å². The molecule has 6 nitrogen and oxygen atoms in total. The number of benzene rings is 3. The van der Waals surface area contributed by atoms with Crippen LogP contribution in [0.2, 0.25) is 0 Å². The second kappa shape index (κ2) is 8.35. The van der Waals surface area contributed by atoms with Gasteiger partial charge in [0.15, 0.2) is 11.6 Å². The molecule has 38 heavy (non-hydrogen) atoms. The Hall–Kier alpha value is -4.84. The normalized spacial score (nSPS) is 13.4. The summed E-state index contributed by atoms with van der Waals surface area (Å²) in [6.45, 7) is 0. The van der Waals surface area contributed by atoms with Crippen LogP contribution in [0.25, 0.3) is 61.5 Å². The summed E-state index contributed by atoms with van der Waals surface area (Å²) in [5.74, 6) is 2.96. The Balaban J connectivity index is 1.45. The molecule has 0 spiro atoms. The number of nitrogens with zero attached hydrogens (tertiary/aromatic N) is 5. The first kappa shape index (κ1) is 21.3. The van der Waals surface area contributed by atoms with E-state index in [9.17, 15) is 0 Å². The summed E-state index contributed by atoms with van der Waals surface area (Å²) in [6, 6.07) is 26.6. The molecular formula is C32H23N5O. The number of furan rings is 1. The molecule has 1 aliphatic rings. The van der Waals surface area contributed by atoms with E-state index in [0.29, 0.717) is 17.6 Å². The molecular weight excluding hydrogens is 470 g/mol. The van der Waals surface area contributed by atoms with Crippen molar-refractivity contribution in [2.24, 2.45) is 0 Å². The van der Waals surface area contributed by atoms with Crippen LogP contribution in [0.1, 0.15) is 24.2 Å². The molecule has 0 radical (unpaired) electrons. The molecule has 0 saturated heterocycles. The van der Waals surface area contributed by atoms with Crippen molar-refractivity contribution < 1.29 is 4.42 Å². The van der Waals surface area contributed by atoms with E-state index in [1.54, 1.807) is 0 Å². The first-order chi connectivity index (χ1) is 18.8. The fourth-order valence-corrected chi connectivity index (χ4v) is 5.73. The second-order valence-electron chi connectivity index (χ2n) is 9.82. The van der Waals surface area contributed by atoms with E-state index in [1.165, 1.54) is 23.8 Å². The van der Waals surface area contributed by atoms with Gasteiger partial charge in [-0.1, -0.05) is 60.7 Å². The molecule has 0 atom stereocenters. The molecule has 182 valence electrons. The summed E-state index contributed by atoms with van der Waals surface area (Å²) >= 11 is 0. The largest absolute Gasteiger partial charge is 0.461 e. The van der Waals surface area contributed by atoms with E-state index < -0.39 is 0 Å². The van der Waals surface area contributed by atoms with Crippen LogP contribution in [0.4, 0.5) is 0 Å². The lowest BCUT2D eigenvalue weighted by Crippen LogP contribution is -2.06. The topological polar surface area (TPSA) is 69.6 Å². The zero-order valence-corrected chi connectivity index (χ0v) is 20.6. The van der Waals surface area contributed by atoms with E-state index in [0.717, 1.165) is 57.1 Å². The van der Waals surface area contributed by atoms with Crippen LogP contribution in [0, 0.1) is 0 Å². The Labute approximate surface area is 218 Å². The molecule has 3 aromatic carbocycles. The lowest BCUT2D eigenvalue weighted by atomic mass is 9.95. The number of hydrogen-bond donors (Lipinski definition) is 0. The smallest absolute Gasteiger partial charge is 0.238 e. The number of hydrogen-bond acceptors (Lipinski definition) is 5. The van der Waals surface area contributed by atoms with Crippen LogP contribution in [0.5, 0.6) is 0 Å². The molecule has 6 heteroatoms. The fraction of sp³-hybridized carbons (Fsp3) is 0.125. The van der Waals surface area contributed by atoms with Gasteiger partial charge in [0.1, 0.15) is 11.3 Å². The molecule has 0 bridgehead atoms. The van der Waals surface area contributed by atoms with Gasteiger partial charge < -0.3 is 4.42 Å². The van der Waals surface area contributed by atoms with Crippen molar-refractivity contribution in [2.45, 2.75) is 25.7 Å². The summed E-state index contributed by atoms with van der Waals surface area (Å²) in [7, 11) is 0. The minimum absolute atomic E-state index is 0.569. The van der Waals surface area contributed by atoms with Gasteiger partial charge in [-0.15, -0.1) is 0 Å². The molecule has 7 aromatic rings. The van der Waals surface area contributed by atoms with Crippen LogP contribution in [0.15, 0.2) is 95.7 Å². The molecule has 4 heterocycles. The van der Waals surface area contributed by atoms with Crippen LogP contribution < -0.4 is 0 Å². The number of aryl methyl sites for hydroxylation is 2. The zero-order chi connectivity index (χ0) is 25.1. The highest BCUT2D eigenvalue weighted by Crippen LogP contribution is 2.38. The average Bonchev–Trinajstić information content (AvgIpc) is 3.51. The van der Waals surface area contributed by atoms with E-state index >= 15 is 0 Å². The Morgan fingerprint density at radius 2 is 1.37 bits per heavy atom. The minimum atomic E-state index is 0.569. The highest BCUT2D eigenvalue weighted by molar-refractivity contribution is 6.13. The minimum Gasteiger partial charge on any atom is -0.461 e. The molecule has 0 fully saturated rings. The Morgan fingerprint density at radius 3 is 2.11 bits per heavy atom. The van der Waals surface area contributed by atoms with Crippen molar-refractivity contribution >= 4 is 32.8 Å². The standard InChI is InChI=1S/C32H23N5O/c1-3-9-20(10-4-1)30-34-31(21-11-5-2-6-12-21)36-32(35-30)37-26-15-16-33-19-25(26)23-17-24-22-13-7-8-14-28(22)38-29(24)18-27(23)37/h1-6,9-12,15-19H,7-8,13-14H2. The predicted octanol–water partition coefficient (Wildman–Crippen LogP) is 7.32.